The number of ether oxygens (including phenoxy) is 6. The number of carbonyl (C=O) groups is 6. The van der Waals surface area contributed by atoms with Gasteiger partial charge in [-0.1, -0.05) is 93.2 Å². The van der Waals surface area contributed by atoms with Crippen LogP contribution in [0, 0.1) is 0 Å². The second-order valence-corrected chi connectivity index (χ2v) is 28.8. The van der Waals surface area contributed by atoms with E-state index in [1.54, 1.807) is 0 Å². The molecule has 0 saturated heterocycles. The minimum atomic E-state index is -6.90. The van der Waals surface area contributed by atoms with E-state index in [1.807, 2.05) is 10.6 Å². The van der Waals surface area contributed by atoms with Crippen molar-refractivity contribution in [3.05, 3.63) is 0 Å². The molecule has 0 aliphatic heterocycles. The second kappa shape index (κ2) is 33.8. The average molecular weight is 1550 g/mol. The maximum absolute atomic E-state index is 14.5. The molecular formula is C52H77F16IN2O20S2. The molecule has 4 N–H and O–H groups in total. The first-order valence-corrected chi connectivity index (χ1v) is 32.5. The van der Waals surface area contributed by atoms with Crippen LogP contribution in [0.5, 0.6) is 0 Å². The van der Waals surface area contributed by atoms with Crippen LogP contribution < -0.4 is 10.6 Å². The minimum absolute atomic E-state index is 0.0113. The van der Waals surface area contributed by atoms with Crippen molar-refractivity contribution in [1.29, 1.82) is 0 Å². The van der Waals surface area contributed by atoms with Gasteiger partial charge in [-0.3, -0.25) is 18.0 Å². The summed E-state index contributed by atoms with van der Waals surface area (Å²) in [6.45, 7) is 8.67. The number of nitrogens with one attached hydrogen (secondary N) is 2. The first kappa shape index (κ1) is 86.8. The van der Waals surface area contributed by atoms with E-state index in [0.29, 0.717) is 64.2 Å². The van der Waals surface area contributed by atoms with Gasteiger partial charge in [0.05, 0.1) is 26.4 Å². The predicted octanol–water partition coefficient (Wildman–Crippen LogP) is 13.1. The van der Waals surface area contributed by atoms with Crippen LogP contribution in [0.4, 0.5) is 79.8 Å². The summed E-state index contributed by atoms with van der Waals surface area (Å²) in [6.07, 6.45) is -34.5. The lowest BCUT2D eigenvalue weighted by Crippen LogP contribution is -2.66. The number of methoxy groups -OCH3 is 2. The van der Waals surface area contributed by atoms with E-state index in [4.69, 9.17) is 19.7 Å². The number of alkyl halides is 17. The normalized spacial score (nSPS) is 20.0. The fraction of sp³-hybridized carbons (Fsp3) is 0.885. The molecule has 546 valence electrons. The molecule has 0 aromatic rings. The number of carboxylic acid groups (broad SMARTS) is 2. The molecule has 2 saturated carbocycles. The molecule has 2 rings (SSSR count). The Morgan fingerprint density at radius 3 is 1.06 bits per heavy atom. The van der Waals surface area contributed by atoms with Gasteiger partial charge >= 0.3 is 103 Å². The largest absolute Gasteiger partial charge is 0.481 e. The van der Waals surface area contributed by atoms with Crippen molar-refractivity contribution in [1.82, 2.24) is 10.6 Å². The maximum Gasteiger partial charge on any atom is 0.460 e. The number of carboxylic acids is 2. The van der Waals surface area contributed by atoms with Crippen LogP contribution in [0.2, 0.25) is 0 Å². The number of esters is 2. The fourth-order valence-corrected chi connectivity index (χ4v) is 11.5. The fourth-order valence-electron chi connectivity index (χ4n) is 8.64. The van der Waals surface area contributed by atoms with E-state index in [9.17, 15) is 116 Å². The van der Waals surface area contributed by atoms with Crippen LogP contribution in [0.3, 0.4) is 0 Å². The van der Waals surface area contributed by atoms with Gasteiger partial charge in [0.1, 0.15) is 22.3 Å². The number of carbonyl (C=O) groups excluding carboxylic acids is 4. The molecule has 0 spiro atoms. The van der Waals surface area contributed by atoms with Gasteiger partial charge in [-0.2, -0.15) is 87.1 Å². The molecule has 2 amide bonds. The molecule has 2 aliphatic carbocycles. The molecule has 0 radical (unpaired) electrons. The van der Waals surface area contributed by atoms with Gasteiger partial charge in [0, 0.05) is 55.3 Å². The highest BCUT2D eigenvalue weighted by atomic mass is 127. The van der Waals surface area contributed by atoms with Gasteiger partial charge in [-0.15, -0.1) is 0 Å². The lowest BCUT2D eigenvalue weighted by molar-refractivity contribution is -0.457. The Morgan fingerprint density at radius 1 is 0.473 bits per heavy atom. The summed E-state index contributed by atoms with van der Waals surface area (Å²) in [5, 5.41) is 7.94. The van der Waals surface area contributed by atoms with Crippen molar-refractivity contribution >= 4 is 78.9 Å². The molecule has 0 heterocycles. The number of hydrogen-bond acceptors (Lipinski definition) is 18. The Morgan fingerprint density at radius 2 is 0.763 bits per heavy atom. The van der Waals surface area contributed by atoms with Crippen LogP contribution in [0.1, 0.15) is 189 Å². The molecule has 2 fully saturated rings. The number of rotatable bonds is 40. The predicted molar refractivity (Wildman–Crippen MR) is 297 cm³/mol. The molecule has 0 aromatic carbocycles. The zero-order chi connectivity index (χ0) is 72.5. The lowest BCUT2D eigenvalue weighted by Gasteiger charge is -2.44. The summed E-state index contributed by atoms with van der Waals surface area (Å²) < 4.78 is 307. The van der Waals surface area contributed by atoms with E-state index in [0.717, 1.165) is 14.2 Å². The second-order valence-electron chi connectivity index (χ2n) is 23.9. The number of aliphatic carboxylic acids is 2. The van der Waals surface area contributed by atoms with E-state index in [1.165, 1.54) is 64.1 Å². The summed E-state index contributed by atoms with van der Waals surface area (Å²) in [4.78, 5) is 69.4. The number of amides is 2. The summed E-state index contributed by atoms with van der Waals surface area (Å²) in [6, 6.07) is 0. The molecule has 2 aliphatic rings. The Kier molecular flexibility index (Phi) is 31.6. The van der Waals surface area contributed by atoms with Crippen molar-refractivity contribution in [3.63, 3.8) is 0 Å². The third-order valence-corrected chi connectivity index (χ3v) is 17.2. The third kappa shape index (κ3) is 25.9. The molecule has 0 bridgehead atoms. The van der Waals surface area contributed by atoms with Crippen LogP contribution in [0.15, 0.2) is 0 Å². The van der Waals surface area contributed by atoms with Gasteiger partial charge in [-0.25, -0.2) is 28.7 Å². The van der Waals surface area contributed by atoms with E-state index < -0.39 is 186 Å². The molecule has 41 heteroatoms. The zero-order valence-electron chi connectivity index (χ0n) is 51.5. The van der Waals surface area contributed by atoms with Crippen molar-refractivity contribution in [2.75, 3.05) is 14.2 Å². The van der Waals surface area contributed by atoms with E-state index in [-0.39, 0.29) is 38.5 Å². The van der Waals surface area contributed by atoms with Gasteiger partial charge in [0.25, 0.3) is 0 Å². The van der Waals surface area contributed by atoms with Gasteiger partial charge in [-0.05, 0) is 67.2 Å². The maximum atomic E-state index is 14.5. The highest BCUT2D eigenvalue weighted by Crippen LogP contribution is 2.52. The number of hydrogen-bond donors (Lipinski definition) is 4. The third-order valence-electron chi connectivity index (χ3n) is 13.4. The average Bonchev–Trinajstić information content (AvgIpc) is 0.755. The first-order chi connectivity index (χ1) is 41.9. The highest BCUT2D eigenvalue weighted by Gasteiger charge is 2.77. The Hall–Kier alpha value is -4.23. The highest BCUT2D eigenvalue weighted by molar-refractivity contribution is 14.1. The SMILES string of the molecule is COC(=O)C1(NC(=O)OC(C)(C)C)CC(OS(=O)(=O)C(F)(F)C(F)(F)OC(F)(F)C(F)(F)CC(I)CCCCCCCCC(=O)O)C1.COC(=O)C1(NC(=O)OC(C)(C)C)CC(OS(=O)(=O)C(F)(F)C(F)(F)OC(F)(F)C(F)(F)CCCCCCCCCCC(=O)O)C1. The van der Waals surface area contributed by atoms with Crippen LogP contribution >= 0.6 is 22.6 Å². The molecule has 93 heavy (non-hydrogen) atoms. The smallest absolute Gasteiger partial charge is 0.460 e. The molecule has 22 nitrogen and oxygen atoms in total. The van der Waals surface area contributed by atoms with Gasteiger partial charge in [0.2, 0.25) is 0 Å². The topological polar surface area (TPSA) is 309 Å². The first-order valence-electron chi connectivity index (χ1n) is 28.4. The van der Waals surface area contributed by atoms with Crippen molar-refractivity contribution in [2.24, 2.45) is 0 Å². The van der Waals surface area contributed by atoms with Gasteiger partial charge in [0.15, 0.2) is 0 Å². The van der Waals surface area contributed by atoms with Crippen molar-refractivity contribution < 1.29 is 163 Å². The molecule has 0 aromatic heterocycles. The summed E-state index contributed by atoms with van der Waals surface area (Å²) >= 11 is 1.35. The molecule has 1 atom stereocenters. The lowest BCUT2D eigenvalue weighted by atomic mass is 9.74. The number of halogens is 17. The van der Waals surface area contributed by atoms with Crippen LogP contribution in [0.25, 0.3) is 0 Å². The number of unbranched alkanes of at least 4 members (excludes halogenated alkanes) is 12. The van der Waals surface area contributed by atoms with E-state index in [2.05, 4.69) is 27.3 Å². The van der Waals surface area contributed by atoms with Gasteiger partial charge < -0.3 is 39.8 Å². The van der Waals surface area contributed by atoms with Crippen molar-refractivity contribution in [2.45, 2.75) is 274 Å². The Balaban J connectivity index is 0.000000930. The molecule has 1 unspecified atom stereocenters. The standard InChI is InChI=1S/C26H38F8INO10S.C26H39F8NO10S/c1-21(2,3)44-20(40)36-22(19(39)43-4)14-17(15-22)45-47(41,42)26(33,34)25(31,32)46-24(29,30)23(27,28)13-16(35)11-9-7-5-6-8-10-12-18(37)38;1-21(2,3)43-20(39)35-22(19(38)42-4)15-17(16-22)44-46(40,41)26(33,34)25(31,32)45-24(29,30)23(27,28)14-12-10-8-6-5-7-9-11-13-18(36)37/h16-17H,5-15H2,1-4H3,(H,36,40)(H,37,38);17H,5-16H2,1-4H3,(H,35,39)(H,36,37). The Bertz CT molecular complexity index is 2710. The Labute approximate surface area is 538 Å². The van der Waals surface area contributed by atoms with E-state index >= 15 is 0 Å². The summed E-state index contributed by atoms with van der Waals surface area (Å²) in [7, 11) is -12.1. The van der Waals surface area contributed by atoms with Crippen LogP contribution in [-0.4, -0.2) is 163 Å². The number of alkyl carbamates (subject to hydrolysis) is 2. The zero-order valence-corrected chi connectivity index (χ0v) is 55.3. The minimum Gasteiger partial charge on any atom is -0.481 e. The van der Waals surface area contributed by atoms with Crippen molar-refractivity contribution in [3.8, 4) is 0 Å². The summed E-state index contributed by atoms with van der Waals surface area (Å²) in [5.41, 5.74) is -6.36. The quantitative estimate of drug-likeness (QED) is 0.00842. The monoisotopic (exact) mass is 1540 g/mol. The van der Waals surface area contributed by atoms with Crippen LogP contribution in [-0.2, 0) is 76.2 Å². The summed E-state index contributed by atoms with van der Waals surface area (Å²) in [5.74, 6) is -15.2. The molecular weight excluding hydrogens is 1470 g/mol.